The number of benzene rings is 1. The van der Waals surface area contributed by atoms with Gasteiger partial charge in [0.05, 0.1) is 0 Å². The molecule has 2 heterocycles. The molecule has 0 bridgehead atoms. The number of carbonyl (C=O) groups is 1. The van der Waals surface area contributed by atoms with E-state index in [-0.39, 0.29) is 31.8 Å². The molecular formula is C23H30F2N2O. The first-order valence-electron chi connectivity index (χ1n) is 10.2. The average molecular weight is 389 g/mol. The second-order valence-electron chi connectivity index (χ2n) is 8.72. The van der Waals surface area contributed by atoms with Crippen molar-refractivity contribution in [1.29, 1.82) is 0 Å². The van der Waals surface area contributed by atoms with Crippen molar-refractivity contribution in [3.63, 3.8) is 0 Å². The van der Waals surface area contributed by atoms with E-state index in [9.17, 15) is 13.6 Å². The molecule has 0 aliphatic carbocycles. The standard InChI is InChI=1S/C23H30F2N2O/c1-17(2)27-14-6-8-19-18(7-5-9-20(19)27)10-11-22(3,4)21(28)26-15-12-23(24,25)13-16-26/h5,7,9,17H,6,8,12-16H2,1-4H3. The summed E-state index contributed by atoms with van der Waals surface area (Å²) in [5, 5.41) is 0. The monoisotopic (exact) mass is 388 g/mol. The fourth-order valence-corrected chi connectivity index (χ4v) is 4.02. The zero-order valence-corrected chi connectivity index (χ0v) is 17.3. The summed E-state index contributed by atoms with van der Waals surface area (Å²) >= 11 is 0. The molecule has 1 aromatic rings. The van der Waals surface area contributed by atoms with E-state index in [0.29, 0.717) is 6.04 Å². The van der Waals surface area contributed by atoms with Gasteiger partial charge in [0.25, 0.3) is 5.92 Å². The molecule has 1 amide bonds. The molecule has 0 N–H and O–H groups in total. The Morgan fingerprint density at radius 1 is 1.18 bits per heavy atom. The van der Waals surface area contributed by atoms with Gasteiger partial charge in [-0.15, -0.1) is 0 Å². The number of anilines is 1. The van der Waals surface area contributed by atoms with Gasteiger partial charge in [0, 0.05) is 49.8 Å². The third-order valence-electron chi connectivity index (χ3n) is 5.74. The quantitative estimate of drug-likeness (QED) is 0.698. The van der Waals surface area contributed by atoms with Crippen LogP contribution in [0.1, 0.15) is 58.1 Å². The number of nitrogens with zero attached hydrogens (tertiary/aromatic N) is 2. The summed E-state index contributed by atoms with van der Waals surface area (Å²) < 4.78 is 26.8. The summed E-state index contributed by atoms with van der Waals surface area (Å²) in [4.78, 5) is 16.8. The van der Waals surface area contributed by atoms with Crippen LogP contribution < -0.4 is 4.90 Å². The van der Waals surface area contributed by atoms with Crippen LogP contribution in [0.5, 0.6) is 0 Å². The molecule has 0 spiro atoms. The van der Waals surface area contributed by atoms with Gasteiger partial charge in [0.1, 0.15) is 5.41 Å². The molecule has 0 saturated carbocycles. The third-order valence-corrected chi connectivity index (χ3v) is 5.74. The van der Waals surface area contributed by atoms with Crippen molar-refractivity contribution in [1.82, 2.24) is 4.90 Å². The molecule has 5 heteroatoms. The highest BCUT2D eigenvalue weighted by atomic mass is 19.3. The first-order chi connectivity index (χ1) is 13.1. The van der Waals surface area contributed by atoms with E-state index in [0.717, 1.165) is 24.9 Å². The predicted molar refractivity (Wildman–Crippen MR) is 109 cm³/mol. The van der Waals surface area contributed by atoms with Crippen molar-refractivity contribution < 1.29 is 13.6 Å². The molecular weight excluding hydrogens is 358 g/mol. The zero-order valence-electron chi connectivity index (χ0n) is 17.3. The largest absolute Gasteiger partial charge is 0.369 e. The van der Waals surface area contributed by atoms with Crippen molar-refractivity contribution in [3.8, 4) is 11.8 Å². The van der Waals surface area contributed by atoms with Crippen LogP contribution in [0.3, 0.4) is 0 Å². The van der Waals surface area contributed by atoms with E-state index in [1.807, 2.05) is 12.1 Å². The minimum absolute atomic E-state index is 0.0982. The number of alkyl halides is 2. The van der Waals surface area contributed by atoms with Gasteiger partial charge in [0.15, 0.2) is 0 Å². The third kappa shape index (κ3) is 4.32. The Kier molecular flexibility index (Phi) is 5.70. The Balaban J connectivity index is 1.81. The molecule has 0 unspecified atom stereocenters. The molecule has 1 aromatic carbocycles. The Morgan fingerprint density at radius 3 is 2.50 bits per heavy atom. The Labute approximate surface area is 167 Å². The number of piperidine rings is 1. The average Bonchev–Trinajstić information content (AvgIpc) is 2.65. The minimum Gasteiger partial charge on any atom is -0.369 e. The summed E-state index contributed by atoms with van der Waals surface area (Å²) in [5.74, 6) is 3.56. The van der Waals surface area contributed by atoms with Gasteiger partial charge in [-0.05, 0) is 58.2 Å². The van der Waals surface area contributed by atoms with Gasteiger partial charge in [-0.25, -0.2) is 8.78 Å². The van der Waals surface area contributed by atoms with E-state index >= 15 is 0 Å². The summed E-state index contributed by atoms with van der Waals surface area (Å²) in [7, 11) is 0. The number of fused-ring (bicyclic) bond motifs is 1. The molecule has 2 aliphatic rings. The molecule has 1 fully saturated rings. The van der Waals surface area contributed by atoms with Crippen LogP contribution in [-0.2, 0) is 11.2 Å². The first-order valence-corrected chi connectivity index (χ1v) is 10.2. The fraction of sp³-hybridized carbons (Fsp3) is 0.609. The van der Waals surface area contributed by atoms with Crippen molar-refractivity contribution in [3.05, 3.63) is 29.3 Å². The van der Waals surface area contributed by atoms with E-state index < -0.39 is 11.3 Å². The highest BCUT2D eigenvalue weighted by molar-refractivity contribution is 5.85. The van der Waals surface area contributed by atoms with Crippen LogP contribution in [0.15, 0.2) is 18.2 Å². The van der Waals surface area contributed by atoms with Crippen LogP contribution in [-0.4, -0.2) is 42.4 Å². The van der Waals surface area contributed by atoms with E-state index in [4.69, 9.17) is 0 Å². The predicted octanol–water partition coefficient (Wildman–Crippen LogP) is 4.48. The maximum Gasteiger partial charge on any atom is 0.251 e. The highest BCUT2D eigenvalue weighted by Gasteiger charge is 2.39. The molecule has 3 nitrogen and oxygen atoms in total. The zero-order chi connectivity index (χ0) is 20.5. The maximum absolute atomic E-state index is 13.4. The highest BCUT2D eigenvalue weighted by Crippen LogP contribution is 2.32. The molecule has 0 atom stereocenters. The van der Waals surface area contributed by atoms with Gasteiger partial charge in [0.2, 0.25) is 5.91 Å². The molecule has 152 valence electrons. The van der Waals surface area contributed by atoms with E-state index in [1.165, 1.54) is 16.2 Å². The lowest BCUT2D eigenvalue weighted by Crippen LogP contribution is -2.47. The van der Waals surface area contributed by atoms with Gasteiger partial charge in [-0.1, -0.05) is 17.9 Å². The van der Waals surface area contributed by atoms with Gasteiger partial charge in [-0.2, -0.15) is 0 Å². The Morgan fingerprint density at radius 2 is 1.86 bits per heavy atom. The van der Waals surface area contributed by atoms with E-state index in [2.05, 4.69) is 36.7 Å². The molecule has 3 rings (SSSR count). The second-order valence-corrected chi connectivity index (χ2v) is 8.72. The number of hydrogen-bond donors (Lipinski definition) is 0. The Bertz CT molecular complexity index is 795. The van der Waals surface area contributed by atoms with Crippen LogP contribution in [0.25, 0.3) is 0 Å². The molecule has 28 heavy (non-hydrogen) atoms. The summed E-state index contributed by atoms with van der Waals surface area (Å²) in [6, 6.07) is 6.60. The maximum atomic E-state index is 13.4. The summed E-state index contributed by atoms with van der Waals surface area (Å²) in [5.41, 5.74) is 2.54. The Hall–Kier alpha value is -2.09. The number of carbonyl (C=O) groups excluding carboxylic acids is 1. The van der Waals surface area contributed by atoms with Gasteiger partial charge in [-0.3, -0.25) is 4.79 Å². The molecule has 0 radical (unpaired) electrons. The summed E-state index contributed by atoms with van der Waals surface area (Å²) in [6.45, 7) is 9.19. The minimum atomic E-state index is -2.65. The van der Waals surface area contributed by atoms with Crippen LogP contribution in [0, 0.1) is 17.3 Å². The van der Waals surface area contributed by atoms with Crippen LogP contribution >= 0.6 is 0 Å². The lowest BCUT2D eigenvalue weighted by atomic mass is 9.89. The van der Waals surface area contributed by atoms with E-state index in [1.54, 1.807) is 13.8 Å². The lowest BCUT2D eigenvalue weighted by Gasteiger charge is -2.35. The lowest BCUT2D eigenvalue weighted by molar-refractivity contribution is -0.143. The SMILES string of the molecule is CC(C)N1CCCc2c(C#CC(C)(C)C(=O)N3CCC(F)(F)CC3)cccc21. The number of halogens is 2. The number of rotatable bonds is 2. The number of amides is 1. The van der Waals surface area contributed by atoms with Crippen molar-refractivity contribution in [2.75, 3.05) is 24.5 Å². The van der Waals surface area contributed by atoms with Crippen molar-refractivity contribution in [2.45, 2.75) is 65.3 Å². The van der Waals surface area contributed by atoms with Crippen LogP contribution in [0.4, 0.5) is 14.5 Å². The van der Waals surface area contributed by atoms with Gasteiger partial charge < -0.3 is 9.80 Å². The molecule has 2 aliphatic heterocycles. The normalized spacial score (nSPS) is 19.1. The molecule has 1 saturated heterocycles. The first kappa shape index (κ1) is 20.6. The summed E-state index contributed by atoms with van der Waals surface area (Å²) in [6.07, 6.45) is 1.55. The fourth-order valence-electron chi connectivity index (χ4n) is 4.02. The second kappa shape index (κ2) is 7.73. The van der Waals surface area contributed by atoms with Gasteiger partial charge >= 0.3 is 0 Å². The number of likely N-dealkylation sites (tertiary alicyclic amines) is 1. The number of hydrogen-bond acceptors (Lipinski definition) is 2. The van der Waals surface area contributed by atoms with Crippen molar-refractivity contribution in [2.24, 2.45) is 5.41 Å². The van der Waals surface area contributed by atoms with Crippen molar-refractivity contribution >= 4 is 11.6 Å². The molecule has 0 aromatic heterocycles. The van der Waals surface area contributed by atoms with Crippen LogP contribution in [0.2, 0.25) is 0 Å². The topological polar surface area (TPSA) is 23.6 Å². The smallest absolute Gasteiger partial charge is 0.251 e.